The summed E-state index contributed by atoms with van der Waals surface area (Å²) in [6.07, 6.45) is 5.84. The van der Waals surface area contributed by atoms with Gasteiger partial charge in [0.15, 0.2) is 6.10 Å². The average Bonchev–Trinajstić information content (AvgIpc) is 2.78. The number of hydrogen-bond donors (Lipinski definition) is 1. The molecule has 1 aromatic heterocycles. The van der Waals surface area contributed by atoms with Crippen LogP contribution < -0.4 is 5.32 Å². The summed E-state index contributed by atoms with van der Waals surface area (Å²) in [4.78, 5) is 30.9. The molecule has 0 unspecified atom stereocenters. The van der Waals surface area contributed by atoms with E-state index >= 15 is 0 Å². The highest BCUT2D eigenvalue weighted by molar-refractivity contribution is 6.05. The van der Waals surface area contributed by atoms with Crippen molar-refractivity contribution in [2.75, 3.05) is 0 Å². The van der Waals surface area contributed by atoms with Gasteiger partial charge >= 0.3 is 5.97 Å². The number of nitriles is 1. The Bertz CT molecular complexity index is 1050. The number of carbonyl (C=O) groups is 2. The summed E-state index contributed by atoms with van der Waals surface area (Å²) in [7, 11) is 0. The Hall–Kier alpha value is -2.94. The first-order chi connectivity index (χ1) is 14.9. The lowest BCUT2D eigenvalue weighted by atomic mass is 9.82. The first kappa shape index (κ1) is 21.3. The minimum Gasteiger partial charge on any atom is -0.449 e. The van der Waals surface area contributed by atoms with Gasteiger partial charge < -0.3 is 10.1 Å². The van der Waals surface area contributed by atoms with Crippen LogP contribution in [0.5, 0.6) is 0 Å². The Morgan fingerprint density at radius 3 is 2.74 bits per heavy atom. The molecule has 2 aromatic rings. The second-order valence-corrected chi connectivity index (χ2v) is 9.07. The highest BCUT2D eigenvalue weighted by atomic mass is 16.5. The molecule has 162 valence electrons. The summed E-state index contributed by atoms with van der Waals surface area (Å²) in [6.45, 7) is 3.74. The van der Waals surface area contributed by atoms with Gasteiger partial charge in [-0.1, -0.05) is 44.4 Å². The molecule has 1 aromatic carbocycles. The fraction of sp³-hybridized carbons (Fsp3) is 0.520. The van der Waals surface area contributed by atoms with E-state index in [-0.39, 0.29) is 0 Å². The number of aryl methyl sites for hydroxylation is 1. The molecule has 6 heteroatoms. The summed E-state index contributed by atoms with van der Waals surface area (Å²) in [5, 5.41) is 13.2. The third kappa shape index (κ3) is 4.27. The number of para-hydroxylation sites is 1. The lowest BCUT2D eigenvalue weighted by Gasteiger charge is -2.32. The maximum absolute atomic E-state index is 13.3. The highest BCUT2D eigenvalue weighted by Gasteiger charge is 2.36. The van der Waals surface area contributed by atoms with Crippen molar-refractivity contribution in [3.8, 4) is 6.07 Å². The molecule has 31 heavy (non-hydrogen) atoms. The molecule has 4 rings (SSSR count). The molecule has 1 amide bonds. The van der Waals surface area contributed by atoms with Crippen LogP contribution in [0.15, 0.2) is 24.3 Å². The van der Waals surface area contributed by atoms with Crippen molar-refractivity contribution >= 4 is 22.8 Å². The quantitative estimate of drug-likeness (QED) is 0.748. The van der Waals surface area contributed by atoms with Gasteiger partial charge in [0.25, 0.3) is 5.91 Å². The molecule has 0 saturated heterocycles. The number of benzene rings is 1. The zero-order valence-corrected chi connectivity index (χ0v) is 18.2. The third-order valence-electron chi connectivity index (χ3n) is 6.65. The number of esters is 1. The molecule has 1 saturated carbocycles. The summed E-state index contributed by atoms with van der Waals surface area (Å²) >= 11 is 0. The molecular weight excluding hydrogens is 390 g/mol. The molecule has 1 fully saturated rings. The van der Waals surface area contributed by atoms with Crippen molar-refractivity contribution < 1.29 is 14.3 Å². The molecule has 2 aliphatic carbocycles. The van der Waals surface area contributed by atoms with Crippen LogP contribution in [0.1, 0.15) is 74.0 Å². The van der Waals surface area contributed by atoms with Gasteiger partial charge in [-0.05, 0) is 56.6 Å². The normalized spacial score (nSPS) is 20.9. The lowest BCUT2D eigenvalue weighted by molar-refractivity contribution is -0.130. The van der Waals surface area contributed by atoms with Crippen LogP contribution >= 0.6 is 0 Å². The number of carbonyl (C=O) groups excluding carboxylic acids is 2. The van der Waals surface area contributed by atoms with Crippen molar-refractivity contribution in [2.45, 2.75) is 76.9 Å². The molecule has 0 radical (unpaired) electrons. The predicted molar refractivity (Wildman–Crippen MR) is 117 cm³/mol. The Morgan fingerprint density at radius 2 is 2.00 bits per heavy atom. The third-order valence-corrected chi connectivity index (χ3v) is 6.65. The second-order valence-electron chi connectivity index (χ2n) is 9.07. The van der Waals surface area contributed by atoms with Crippen molar-refractivity contribution in [3.63, 3.8) is 0 Å². The molecule has 2 atom stereocenters. The van der Waals surface area contributed by atoms with Gasteiger partial charge in [-0.3, -0.25) is 9.78 Å². The van der Waals surface area contributed by atoms with E-state index in [0.29, 0.717) is 24.3 Å². The first-order valence-electron chi connectivity index (χ1n) is 11.3. The van der Waals surface area contributed by atoms with Crippen LogP contribution in [-0.2, 0) is 22.4 Å². The van der Waals surface area contributed by atoms with E-state index in [1.54, 1.807) is 6.92 Å². The fourth-order valence-corrected chi connectivity index (χ4v) is 4.83. The van der Waals surface area contributed by atoms with Gasteiger partial charge in [-0.2, -0.15) is 5.26 Å². The predicted octanol–water partition coefficient (Wildman–Crippen LogP) is 4.25. The topological polar surface area (TPSA) is 92.1 Å². The van der Waals surface area contributed by atoms with Gasteiger partial charge in [0.1, 0.15) is 5.54 Å². The molecule has 6 nitrogen and oxygen atoms in total. The molecular formula is C25H29N3O3. The number of hydrogen-bond acceptors (Lipinski definition) is 5. The second kappa shape index (κ2) is 8.66. The van der Waals surface area contributed by atoms with E-state index in [4.69, 9.17) is 9.72 Å². The van der Waals surface area contributed by atoms with E-state index in [0.717, 1.165) is 60.7 Å². The van der Waals surface area contributed by atoms with Gasteiger partial charge in [-0.25, -0.2) is 4.79 Å². The van der Waals surface area contributed by atoms with Crippen molar-refractivity contribution in [3.05, 3.63) is 41.1 Å². The minimum atomic E-state index is -0.983. The van der Waals surface area contributed by atoms with E-state index in [1.165, 1.54) is 0 Å². The van der Waals surface area contributed by atoms with Crippen LogP contribution in [0.3, 0.4) is 0 Å². The van der Waals surface area contributed by atoms with Crippen LogP contribution in [-0.4, -0.2) is 28.5 Å². The molecule has 0 spiro atoms. The van der Waals surface area contributed by atoms with Crippen molar-refractivity contribution in [2.24, 2.45) is 5.92 Å². The first-order valence-corrected chi connectivity index (χ1v) is 11.3. The highest BCUT2D eigenvalue weighted by Crippen LogP contribution is 2.32. The lowest BCUT2D eigenvalue weighted by Crippen LogP contribution is -2.52. The van der Waals surface area contributed by atoms with Gasteiger partial charge in [0.05, 0.1) is 17.1 Å². The number of amides is 1. The van der Waals surface area contributed by atoms with Gasteiger partial charge in [0.2, 0.25) is 0 Å². The van der Waals surface area contributed by atoms with Crippen molar-refractivity contribution in [1.29, 1.82) is 5.26 Å². The number of rotatable bonds is 4. The molecule has 2 aliphatic rings. The zero-order chi connectivity index (χ0) is 22.0. The van der Waals surface area contributed by atoms with Crippen LogP contribution in [0.25, 0.3) is 10.9 Å². The van der Waals surface area contributed by atoms with E-state index in [1.807, 2.05) is 24.3 Å². The van der Waals surface area contributed by atoms with Crippen LogP contribution in [0.2, 0.25) is 0 Å². The number of aromatic nitrogens is 1. The summed E-state index contributed by atoms with van der Waals surface area (Å²) < 4.78 is 5.65. The number of fused-ring (bicyclic) bond motifs is 2. The monoisotopic (exact) mass is 419 g/mol. The molecule has 1 heterocycles. The van der Waals surface area contributed by atoms with E-state index in [2.05, 4.69) is 18.3 Å². The number of ether oxygens (including phenoxy) is 1. The minimum absolute atomic E-state index is 0.419. The molecule has 0 bridgehead atoms. The summed E-state index contributed by atoms with van der Waals surface area (Å²) in [6, 6.07) is 9.86. The Labute approximate surface area is 183 Å². The Morgan fingerprint density at radius 1 is 1.26 bits per heavy atom. The smallest absolute Gasteiger partial charge is 0.339 e. The van der Waals surface area contributed by atoms with Gasteiger partial charge in [0, 0.05) is 11.1 Å². The van der Waals surface area contributed by atoms with E-state index < -0.39 is 23.5 Å². The van der Waals surface area contributed by atoms with Gasteiger partial charge in [-0.15, -0.1) is 0 Å². The van der Waals surface area contributed by atoms with Crippen LogP contribution in [0.4, 0.5) is 0 Å². The summed E-state index contributed by atoms with van der Waals surface area (Å²) in [5.41, 5.74) is 2.33. The number of nitrogens with one attached hydrogen (secondary N) is 1. The average molecular weight is 420 g/mol. The standard InChI is InChI=1S/C25H29N3O3/c1-16-10-11-21-19(14-16)22(18-8-4-5-9-20(18)27-21)24(30)31-17(2)23(29)28-25(15-26)12-6-3-7-13-25/h4-5,8-9,16-17H,3,6-7,10-14H2,1-2H3,(H,28,29)/t16-,17+/m1/s1. The van der Waals surface area contributed by atoms with Crippen molar-refractivity contribution in [1.82, 2.24) is 10.3 Å². The van der Waals surface area contributed by atoms with Crippen LogP contribution in [0, 0.1) is 17.2 Å². The maximum Gasteiger partial charge on any atom is 0.339 e. The van der Waals surface area contributed by atoms with E-state index in [9.17, 15) is 14.9 Å². The summed E-state index contributed by atoms with van der Waals surface area (Å²) in [5.74, 6) is -0.455. The SMILES string of the molecule is C[C@@H]1CCc2nc3ccccc3c(C(=O)O[C@@H](C)C(=O)NC3(C#N)CCCCC3)c2C1. The maximum atomic E-state index is 13.3. The fourth-order valence-electron chi connectivity index (χ4n) is 4.83. The molecule has 0 aliphatic heterocycles. The number of nitrogens with zero attached hydrogens (tertiary/aromatic N) is 2. The Kier molecular flexibility index (Phi) is 5.95. The Balaban J connectivity index is 1.59. The number of pyridine rings is 1. The zero-order valence-electron chi connectivity index (χ0n) is 18.2. The molecule has 1 N–H and O–H groups in total. The largest absolute Gasteiger partial charge is 0.449 e.